The van der Waals surface area contributed by atoms with E-state index in [0.29, 0.717) is 11.3 Å². The summed E-state index contributed by atoms with van der Waals surface area (Å²) in [7, 11) is 1.54. The number of nitrogens with one attached hydrogen (secondary N) is 1. The van der Waals surface area contributed by atoms with Crippen molar-refractivity contribution in [2.45, 2.75) is 40.2 Å². The Bertz CT molecular complexity index is 990. The number of hydrogen-bond acceptors (Lipinski definition) is 4. The molecular weight excluding hydrogens is 362 g/mol. The second-order valence-electron chi connectivity index (χ2n) is 7.85. The summed E-state index contributed by atoms with van der Waals surface area (Å²) in [5.41, 5.74) is 8.82. The second kappa shape index (κ2) is 8.11. The number of anilines is 1. The van der Waals surface area contributed by atoms with Gasteiger partial charge >= 0.3 is 0 Å². The monoisotopic (exact) mass is 391 g/mol. The van der Waals surface area contributed by atoms with Gasteiger partial charge in [0.1, 0.15) is 5.75 Å². The Labute approximate surface area is 173 Å². The smallest absolute Gasteiger partial charge is 0.275 e. The molecule has 0 unspecified atom stereocenters. The van der Waals surface area contributed by atoms with Gasteiger partial charge in [0.25, 0.3) is 5.91 Å². The summed E-state index contributed by atoms with van der Waals surface area (Å²) in [4.78, 5) is 14.8. The van der Waals surface area contributed by atoms with Crippen LogP contribution in [0.4, 0.5) is 5.69 Å². The number of benzene rings is 2. The van der Waals surface area contributed by atoms with Crippen LogP contribution in [0.5, 0.6) is 5.75 Å². The van der Waals surface area contributed by atoms with Crippen LogP contribution in [0.25, 0.3) is 5.57 Å². The number of ether oxygens (including phenoxy) is 1. The first kappa shape index (κ1) is 20.6. The van der Waals surface area contributed by atoms with Crippen LogP contribution in [0.3, 0.4) is 0 Å². The predicted octanol–water partition coefficient (Wildman–Crippen LogP) is 4.79. The Kier molecular flexibility index (Phi) is 5.78. The molecule has 0 radical (unpaired) electrons. The molecule has 0 atom stereocenters. The number of aryl methyl sites for hydroxylation is 1. The van der Waals surface area contributed by atoms with Gasteiger partial charge in [-0.1, -0.05) is 18.2 Å². The summed E-state index contributed by atoms with van der Waals surface area (Å²) in [6.07, 6.45) is 4.00. The lowest BCUT2D eigenvalue weighted by Crippen LogP contribution is -2.45. The molecule has 5 heteroatoms. The molecule has 1 heterocycles. The van der Waals surface area contributed by atoms with Gasteiger partial charge in [0.2, 0.25) is 0 Å². The molecule has 29 heavy (non-hydrogen) atoms. The molecular formula is C24H29N3O2. The van der Waals surface area contributed by atoms with Crippen LogP contribution < -0.4 is 15.1 Å². The van der Waals surface area contributed by atoms with Crippen molar-refractivity contribution >= 4 is 23.4 Å². The van der Waals surface area contributed by atoms with Crippen molar-refractivity contribution in [2.24, 2.45) is 5.10 Å². The Morgan fingerprint density at radius 3 is 2.66 bits per heavy atom. The average molecular weight is 392 g/mol. The molecule has 1 aliphatic heterocycles. The normalized spacial score (nSPS) is 15.1. The number of amides is 1. The topological polar surface area (TPSA) is 53.9 Å². The fourth-order valence-corrected chi connectivity index (χ4v) is 4.01. The molecule has 0 aliphatic carbocycles. The van der Waals surface area contributed by atoms with Gasteiger partial charge < -0.3 is 9.64 Å². The molecule has 2 aromatic rings. The molecule has 5 nitrogen and oxygen atoms in total. The van der Waals surface area contributed by atoms with Crippen molar-refractivity contribution in [3.8, 4) is 5.75 Å². The number of carbonyl (C=O) groups excluding carboxylic acids is 1. The summed E-state index contributed by atoms with van der Waals surface area (Å²) in [6.45, 7) is 11.8. The van der Waals surface area contributed by atoms with E-state index >= 15 is 0 Å². The molecule has 1 amide bonds. The largest absolute Gasteiger partial charge is 0.496 e. The fraction of sp³-hybridized carbons (Fsp3) is 0.333. The Morgan fingerprint density at radius 1 is 1.24 bits per heavy atom. The molecule has 2 aromatic carbocycles. The van der Waals surface area contributed by atoms with Crippen molar-refractivity contribution < 1.29 is 9.53 Å². The number of carbonyl (C=O) groups is 1. The van der Waals surface area contributed by atoms with Gasteiger partial charge in [0, 0.05) is 17.8 Å². The number of methoxy groups -OCH3 is 1. The van der Waals surface area contributed by atoms with Gasteiger partial charge in [-0.05, 0) is 75.6 Å². The van der Waals surface area contributed by atoms with Crippen LogP contribution in [0.15, 0.2) is 47.6 Å². The highest BCUT2D eigenvalue weighted by Crippen LogP contribution is 2.39. The van der Waals surface area contributed by atoms with Crippen LogP contribution in [-0.2, 0) is 0 Å². The Hall–Kier alpha value is -3.08. The molecule has 0 spiro atoms. The maximum absolute atomic E-state index is 12.4. The zero-order chi connectivity index (χ0) is 21.2. The van der Waals surface area contributed by atoms with E-state index in [0.717, 1.165) is 17.7 Å². The van der Waals surface area contributed by atoms with E-state index in [2.05, 4.69) is 68.3 Å². The first-order valence-electron chi connectivity index (χ1n) is 9.87. The third kappa shape index (κ3) is 4.04. The van der Waals surface area contributed by atoms with E-state index in [1.54, 1.807) is 31.5 Å². The number of likely N-dealkylation sites (N-methyl/N-ethyl adjacent to an activating group) is 1. The van der Waals surface area contributed by atoms with E-state index in [4.69, 9.17) is 4.74 Å². The van der Waals surface area contributed by atoms with Gasteiger partial charge in [-0.25, -0.2) is 5.43 Å². The molecule has 0 saturated heterocycles. The summed E-state index contributed by atoms with van der Waals surface area (Å²) in [5.74, 6) is 0.220. The number of para-hydroxylation sites is 1. The minimum atomic E-state index is -0.302. The lowest BCUT2D eigenvalue weighted by Gasteiger charge is -2.43. The summed E-state index contributed by atoms with van der Waals surface area (Å²) >= 11 is 0. The zero-order valence-corrected chi connectivity index (χ0v) is 18.0. The average Bonchev–Trinajstić information content (AvgIpc) is 2.68. The van der Waals surface area contributed by atoms with Crippen molar-refractivity contribution in [2.75, 3.05) is 18.6 Å². The van der Waals surface area contributed by atoms with Crippen molar-refractivity contribution in [3.05, 3.63) is 64.7 Å². The molecule has 152 valence electrons. The molecule has 0 fully saturated rings. The number of hydrogen-bond donors (Lipinski definition) is 1. The molecule has 3 rings (SSSR count). The van der Waals surface area contributed by atoms with Gasteiger partial charge in [0.15, 0.2) is 0 Å². The molecule has 1 N–H and O–H groups in total. The molecule has 1 aliphatic rings. The van der Waals surface area contributed by atoms with Crippen LogP contribution in [0.1, 0.15) is 54.7 Å². The van der Waals surface area contributed by atoms with Gasteiger partial charge in [-0.15, -0.1) is 0 Å². The van der Waals surface area contributed by atoms with E-state index < -0.39 is 0 Å². The quantitative estimate of drug-likeness (QED) is 0.589. The lowest BCUT2D eigenvalue weighted by molar-refractivity contribution is 0.0952. The Morgan fingerprint density at radius 2 is 1.97 bits per heavy atom. The summed E-state index contributed by atoms with van der Waals surface area (Å²) in [5, 5.41) is 4.18. The summed E-state index contributed by atoms with van der Waals surface area (Å²) < 4.78 is 5.24. The molecule has 0 aromatic heterocycles. The third-order valence-electron chi connectivity index (χ3n) is 5.40. The minimum absolute atomic E-state index is 0.0173. The number of fused-ring (bicyclic) bond motifs is 1. The van der Waals surface area contributed by atoms with E-state index in [9.17, 15) is 4.79 Å². The first-order chi connectivity index (χ1) is 13.8. The van der Waals surface area contributed by atoms with E-state index in [1.165, 1.54) is 16.8 Å². The van der Waals surface area contributed by atoms with Crippen LogP contribution >= 0.6 is 0 Å². The highest BCUT2D eigenvalue weighted by Gasteiger charge is 2.30. The molecule has 0 bridgehead atoms. The zero-order valence-electron chi connectivity index (χ0n) is 18.0. The standard InChI is InChI=1S/C24H29N3O2/c1-7-27-21-12-16(2)18(13-20(21)17(3)14-24(27,4)5)15-25-26-23(28)19-10-8-9-11-22(19)29-6/h8-15H,7H2,1-6H3,(H,26,28)/b25-15-. The third-order valence-corrected chi connectivity index (χ3v) is 5.40. The predicted molar refractivity (Wildman–Crippen MR) is 120 cm³/mol. The molecule has 0 saturated carbocycles. The lowest BCUT2D eigenvalue weighted by atomic mass is 9.87. The van der Waals surface area contributed by atoms with Crippen molar-refractivity contribution in [1.29, 1.82) is 0 Å². The van der Waals surface area contributed by atoms with E-state index in [1.807, 2.05) is 6.07 Å². The minimum Gasteiger partial charge on any atom is -0.496 e. The maximum Gasteiger partial charge on any atom is 0.275 e. The van der Waals surface area contributed by atoms with Crippen molar-refractivity contribution in [1.82, 2.24) is 5.43 Å². The second-order valence-corrected chi connectivity index (χ2v) is 7.85. The highest BCUT2D eigenvalue weighted by molar-refractivity contribution is 5.97. The first-order valence-corrected chi connectivity index (χ1v) is 9.87. The van der Waals surface area contributed by atoms with E-state index in [-0.39, 0.29) is 11.4 Å². The van der Waals surface area contributed by atoms with Crippen LogP contribution in [0.2, 0.25) is 0 Å². The maximum atomic E-state index is 12.4. The number of allylic oxidation sites excluding steroid dienone is 1. The Balaban J connectivity index is 1.86. The number of hydrazone groups is 1. The highest BCUT2D eigenvalue weighted by atomic mass is 16.5. The van der Waals surface area contributed by atoms with Gasteiger partial charge in [0.05, 0.1) is 24.4 Å². The van der Waals surface area contributed by atoms with Crippen molar-refractivity contribution in [3.63, 3.8) is 0 Å². The van der Waals surface area contributed by atoms with Crippen LogP contribution in [0, 0.1) is 6.92 Å². The number of rotatable bonds is 5. The fourth-order valence-electron chi connectivity index (χ4n) is 4.01. The van der Waals surface area contributed by atoms with Gasteiger partial charge in [-0.2, -0.15) is 5.10 Å². The summed E-state index contributed by atoms with van der Waals surface area (Å²) in [6, 6.07) is 11.4. The van der Waals surface area contributed by atoms with Crippen LogP contribution in [-0.4, -0.2) is 31.3 Å². The van der Waals surface area contributed by atoms with Gasteiger partial charge in [-0.3, -0.25) is 4.79 Å². The number of nitrogens with zero attached hydrogens (tertiary/aromatic N) is 2. The SMILES string of the molecule is CCN1c2cc(C)c(/C=N\NC(=O)c3ccccc3OC)cc2C(C)=CC1(C)C.